The van der Waals surface area contributed by atoms with Gasteiger partial charge in [0.2, 0.25) is 0 Å². The van der Waals surface area contributed by atoms with E-state index in [2.05, 4.69) is 52.3 Å². The Hall–Kier alpha value is 0.310. The maximum Gasteiger partial charge on any atom is 0.00925 e. The van der Waals surface area contributed by atoms with Gasteiger partial charge in [-0.2, -0.15) is 12.6 Å². The summed E-state index contributed by atoms with van der Waals surface area (Å²) in [4.78, 5) is 2.60. The molecule has 1 nitrogen and oxygen atoms in total. The first-order chi connectivity index (χ1) is 7.84. The SMILES string of the molecule is CC1CCC(N(C)CC(CS)C(C)(C)C)CC1. The molecule has 1 unspecified atom stereocenters. The molecule has 0 bridgehead atoms. The Morgan fingerprint density at radius 2 is 1.71 bits per heavy atom. The zero-order valence-corrected chi connectivity index (χ0v) is 13.3. The van der Waals surface area contributed by atoms with Crippen LogP contribution in [0.3, 0.4) is 0 Å². The van der Waals surface area contributed by atoms with Crippen molar-refractivity contribution in [1.82, 2.24) is 4.90 Å². The van der Waals surface area contributed by atoms with Gasteiger partial charge in [-0.15, -0.1) is 0 Å². The topological polar surface area (TPSA) is 3.24 Å². The molecule has 1 rings (SSSR count). The molecule has 1 saturated carbocycles. The van der Waals surface area contributed by atoms with Crippen LogP contribution in [0.25, 0.3) is 0 Å². The maximum atomic E-state index is 4.54. The number of rotatable bonds is 4. The van der Waals surface area contributed by atoms with Crippen LogP contribution >= 0.6 is 12.6 Å². The van der Waals surface area contributed by atoms with Crippen molar-refractivity contribution in [2.24, 2.45) is 17.3 Å². The van der Waals surface area contributed by atoms with Crippen molar-refractivity contribution in [2.45, 2.75) is 59.4 Å². The maximum absolute atomic E-state index is 4.54. The van der Waals surface area contributed by atoms with E-state index >= 15 is 0 Å². The molecule has 0 radical (unpaired) electrons. The first kappa shape index (κ1) is 15.4. The van der Waals surface area contributed by atoms with Crippen molar-refractivity contribution in [3.63, 3.8) is 0 Å². The zero-order valence-electron chi connectivity index (χ0n) is 12.4. The molecule has 2 heteroatoms. The minimum absolute atomic E-state index is 0.373. The van der Waals surface area contributed by atoms with Crippen LogP contribution < -0.4 is 0 Å². The summed E-state index contributed by atoms with van der Waals surface area (Å²) in [5.74, 6) is 2.63. The number of thiol groups is 1. The van der Waals surface area contributed by atoms with E-state index in [0.29, 0.717) is 11.3 Å². The van der Waals surface area contributed by atoms with Crippen LogP contribution in [0.1, 0.15) is 53.4 Å². The Balaban J connectivity index is 2.44. The Bertz CT molecular complexity index is 213. The summed E-state index contributed by atoms with van der Waals surface area (Å²) in [6.45, 7) is 10.6. The highest BCUT2D eigenvalue weighted by Crippen LogP contribution is 2.31. The van der Waals surface area contributed by atoms with E-state index in [4.69, 9.17) is 0 Å². The first-order valence-corrected chi connectivity index (χ1v) is 7.79. The van der Waals surface area contributed by atoms with Crippen molar-refractivity contribution in [3.8, 4) is 0 Å². The fourth-order valence-electron chi connectivity index (χ4n) is 2.79. The number of hydrogen-bond acceptors (Lipinski definition) is 2. The van der Waals surface area contributed by atoms with Crippen LogP contribution in [0.2, 0.25) is 0 Å². The summed E-state index contributed by atoms with van der Waals surface area (Å²) < 4.78 is 0. The van der Waals surface area contributed by atoms with E-state index in [1.165, 1.54) is 32.2 Å². The molecular weight excluding hydrogens is 226 g/mol. The minimum Gasteiger partial charge on any atom is -0.303 e. The third-order valence-corrected chi connectivity index (χ3v) is 5.00. The normalized spacial score (nSPS) is 28.4. The number of hydrogen-bond donors (Lipinski definition) is 1. The fraction of sp³-hybridized carbons (Fsp3) is 1.00. The molecule has 102 valence electrons. The lowest BCUT2D eigenvalue weighted by Crippen LogP contribution is -2.41. The zero-order chi connectivity index (χ0) is 13.1. The van der Waals surface area contributed by atoms with Gasteiger partial charge in [-0.05, 0) is 55.7 Å². The van der Waals surface area contributed by atoms with Crippen LogP contribution in [0.4, 0.5) is 0 Å². The highest BCUT2D eigenvalue weighted by Gasteiger charge is 2.28. The van der Waals surface area contributed by atoms with Gasteiger partial charge in [-0.3, -0.25) is 0 Å². The molecule has 1 fully saturated rings. The second-order valence-electron chi connectivity index (χ2n) is 7.10. The highest BCUT2D eigenvalue weighted by atomic mass is 32.1. The lowest BCUT2D eigenvalue weighted by Gasteiger charge is -2.39. The Kier molecular flexibility index (Phi) is 5.85. The van der Waals surface area contributed by atoms with E-state index in [1.807, 2.05) is 0 Å². The second kappa shape index (κ2) is 6.47. The predicted octanol–water partition coefficient (Wildman–Crippen LogP) is 4.09. The van der Waals surface area contributed by atoms with E-state index in [0.717, 1.165) is 17.7 Å². The first-order valence-electron chi connectivity index (χ1n) is 7.15. The van der Waals surface area contributed by atoms with Gasteiger partial charge in [0.1, 0.15) is 0 Å². The molecule has 0 saturated heterocycles. The Morgan fingerprint density at radius 1 is 1.18 bits per heavy atom. The monoisotopic (exact) mass is 257 g/mol. The molecule has 1 aliphatic rings. The molecular formula is C15H31NS. The number of nitrogens with zero attached hydrogens (tertiary/aromatic N) is 1. The molecule has 0 heterocycles. The average molecular weight is 257 g/mol. The third-order valence-electron chi connectivity index (χ3n) is 4.56. The Morgan fingerprint density at radius 3 is 2.12 bits per heavy atom. The van der Waals surface area contributed by atoms with Crippen LogP contribution in [-0.4, -0.2) is 30.3 Å². The molecule has 0 aromatic heterocycles. The molecule has 0 aromatic carbocycles. The highest BCUT2D eigenvalue weighted by molar-refractivity contribution is 7.80. The van der Waals surface area contributed by atoms with Gasteiger partial charge in [0, 0.05) is 12.6 Å². The van der Waals surface area contributed by atoms with Crippen molar-refractivity contribution in [3.05, 3.63) is 0 Å². The summed E-state index contributed by atoms with van der Waals surface area (Å²) >= 11 is 4.54. The smallest absolute Gasteiger partial charge is 0.00925 e. The molecule has 1 aliphatic carbocycles. The second-order valence-corrected chi connectivity index (χ2v) is 7.46. The van der Waals surface area contributed by atoms with E-state index in [9.17, 15) is 0 Å². The summed E-state index contributed by atoms with van der Waals surface area (Å²) in [6, 6.07) is 0.816. The van der Waals surface area contributed by atoms with Crippen LogP contribution in [-0.2, 0) is 0 Å². The van der Waals surface area contributed by atoms with Crippen LogP contribution in [0.5, 0.6) is 0 Å². The van der Waals surface area contributed by atoms with E-state index in [-0.39, 0.29) is 0 Å². The van der Waals surface area contributed by atoms with Crippen LogP contribution in [0.15, 0.2) is 0 Å². The fourth-order valence-corrected chi connectivity index (χ4v) is 3.45. The summed E-state index contributed by atoms with van der Waals surface area (Å²) in [5.41, 5.74) is 0.373. The summed E-state index contributed by atoms with van der Waals surface area (Å²) in [7, 11) is 2.31. The van der Waals surface area contributed by atoms with Gasteiger partial charge >= 0.3 is 0 Å². The summed E-state index contributed by atoms with van der Waals surface area (Å²) in [5, 5.41) is 0. The molecule has 17 heavy (non-hydrogen) atoms. The van der Waals surface area contributed by atoms with Gasteiger partial charge in [0.25, 0.3) is 0 Å². The predicted molar refractivity (Wildman–Crippen MR) is 80.8 cm³/mol. The molecule has 0 amide bonds. The average Bonchev–Trinajstić information content (AvgIpc) is 2.24. The van der Waals surface area contributed by atoms with Crippen molar-refractivity contribution >= 4 is 12.6 Å². The molecule has 0 aromatic rings. The quantitative estimate of drug-likeness (QED) is 0.743. The standard InChI is InChI=1S/C15H31NS/c1-12-6-8-14(9-7-12)16(5)10-13(11-17)15(2,3)4/h12-14,17H,6-11H2,1-5H3. The lowest BCUT2D eigenvalue weighted by molar-refractivity contribution is 0.119. The van der Waals surface area contributed by atoms with Gasteiger partial charge in [0.15, 0.2) is 0 Å². The van der Waals surface area contributed by atoms with Gasteiger partial charge in [0.05, 0.1) is 0 Å². The Labute approximate surface area is 114 Å². The van der Waals surface area contributed by atoms with E-state index in [1.54, 1.807) is 0 Å². The molecule has 0 N–H and O–H groups in total. The largest absolute Gasteiger partial charge is 0.303 e. The third kappa shape index (κ3) is 4.82. The van der Waals surface area contributed by atoms with Crippen molar-refractivity contribution < 1.29 is 0 Å². The van der Waals surface area contributed by atoms with Gasteiger partial charge < -0.3 is 4.90 Å². The molecule has 0 spiro atoms. The summed E-state index contributed by atoms with van der Waals surface area (Å²) in [6.07, 6.45) is 5.61. The van der Waals surface area contributed by atoms with Crippen molar-refractivity contribution in [1.29, 1.82) is 0 Å². The van der Waals surface area contributed by atoms with Gasteiger partial charge in [-0.25, -0.2) is 0 Å². The van der Waals surface area contributed by atoms with Crippen molar-refractivity contribution in [2.75, 3.05) is 19.3 Å². The molecule has 0 aliphatic heterocycles. The lowest BCUT2D eigenvalue weighted by atomic mass is 9.80. The van der Waals surface area contributed by atoms with E-state index < -0.39 is 0 Å². The minimum atomic E-state index is 0.373. The molecule has 1 atom stereocenters. The van der Waals surface area contributed by atoms with Gasteiger partial charge in [-0.1, -0.05) is 27.7 Å². The van der Waals surface area contributed by atoms with Crippen LogP contribution in [0, 0.1) is 17.3 Å².